The van der Waals surface area contributed by atoms with E-state index in [2.05, 4.69) is 10.4 Å². The van der Waals surface area contributed by atoms with Crippen LogP contribution >= 0.6 is 0 Å². The molecule has 0 saturated heterocycles. The van der Waals surface area contributed by atoms with Gasteiger partial charge in [-0.15, -0.1) is 0 Å². The minimum Gasteiger partial charge on any atom is -0.324 e. The summed E-state index contributed by atoms with van der Waals surface area (Å²) in [6.45, 7) is 2.43. The number of benzene rings is 2. The highest BCUT2D eigenvalue weighted by atomic mass is 16.2. The number of fused-ring (bicyclic) bond motifs is 2. The second-order valence-corrected chi connectivity index (χ2v) is 9.12. The molecule has 176 valence electrons. The van der Waals surface area contributed by atoms with E-state index < -0.39 is 6.04 Å². The van der Waals surface area contributed by atoms with Crippen LogP contribution in [0.5, 0.6) is 0 Å². The first kappa shape index (κ1) is 22.1. The molecule has 5 rings (SSSR count). The molecule has 0 bridgehead atoms. The molecular weight excluding hydrogens is 430 g/mol. The van der Waals surface area contributed by atoms with E-state index >= 15 is 0 Å². The zero-order valence-electron chi connectivity index (χ0n) is 19.4. The third kappa shape index (κ3) is 4.27. The molecule has 3 aromatic rings. The van der Waals surface area contributed by atoms with Gasteiger partial charge in [0.05, 0.1) is 0 Å². The number of carbonyl (C=O) groups is 2. The van der Waals surface area contributed by atoms with Gasteiger partial charge in [-0.2, -0.15) is 5.10 Å². The van der Waals surface area contributed by atoms with Crippen molar-refractivity contribution in [3.63, 3.8) is 0 Å². The number of para-hydroxylation sites is 1. The summed E-state index contributed by atoms with van der Waals surface area (Å²) in [7, 11) is 0. The van der Waals surface area contributed by atoms with Crippen LogP contribution in [-0.2, 0) is 35.5 Å². The van der Waals surface area contributed by atoms with Gasteiger partial charge in [-0.3, -0.25) is 19.1 Å². The van der Waals surface area contributed by atoms with Crippen LogP contribution in [0.15, 0.2) is 53.3 Å². The van der Waals surface area contributed by atoms with Crippen molar-refractivity contribution in [1.29, 1.82) is 0 Å². The number of hydrogen-bond donors (Lipinski definition) is 1. The maximum atomic E-state index is 13.6. The Morgan fingerprint density at radius 2 is 1.82 bits per heavy atom. The molecule has 3 heterocycles. The van der Waals surface area contributed by atoms with Crippen molar-refractivity contribution >= 4 is 23.2 Å². The third-order valence-corrected chi connectivity index (χ3v) is 6.71. The SMILES string of the molecule is Cc1ccc(NC(=O)C2CCc3ccccc3N2C(=O)Cn2nc3n(c2=O)CCCCC3)cc1. The molecule has 0 radical (unpaired) electrons. The molecule has 0 aliphatic carbocycles. The van der Waals surface area contributed by atoms with E-state index in [1.165, 1.54) is 4.68 Å². The molecule has 1 atom stereocenters. The minimum atomic E-state index is -0.667. The van der Waals surface area contributed by atoms with Crippen LogP contribution in [-0.4, -0.2) is 32.2 Å². The van der Waals surface area contributed by atoms with Crippen molar-refractivity contribution < 1.29 is 9.59 Å². The molecule has 1 N–H and O–H groups in total. The summed E-state index contributed by atoms with van der Waals surface area (Å²) in [6.07, 6.45) is 4.95. The summed E-state index contributed by atoms with van der Waals surface area (Å²) in [4.78, 5) is 41.4. The average Bonchev–Trinajstić information content (AvgIpc) is 2.99. The topological polar surface area (TPSA) is 89.2 Å². The van der Waals surface area contributed by atoms with Gasteiger partial charge < -0.3 is 5.32 Å². The van der Waals surface area contributed by atoms with Gasteiger partial charge in [0.25, 0.3) is 0 Å². The van der Waals surface area contributed by atoms with Crippen LogP contribution in [0.1, 0.15) is 42.6 Å². The standard InChI is InChI=1S/C26H29N5O3/c1-18-10-13-20(14-11-18)27-25(33)22-15-12-19-7-4-5-8-21(19)31(22)24(32)17-30-26(34)29-16-6-2-3-9-23(29)28-30/h4-5,7-8,10-11,13-14,22H,2-3,6,9,12,15-17H2,1H3,(H,27,33). The van der Waals surface area contributed by atoms with Crippen LogP contribution in [0, 0.1) is 6.92 Å². The Morgan fingerprint density at radius 3 is 2.65 bits per heavy atom. The first-order valence-corrected chi connectivity index (χ1v) is 12.0. The maximum absolute atomic E-state index is 13.6. The zero-order chi connectivity index (χ0) is 23.7. The van der Waals surface area contributed by atoms with Crippen LogP contribution in [0.4, 0.5) is 11.4 Å². The lowest BCUT2D eigenvalue weighted by Crippen LogP contribution is -2.51. The molecule has 0 fully saturated rings. The van der Waals surface area contributed by atoms with Crippen molar-refractivity contribution in [1.82, 2.24) is 14.3 Å². The smallest absolute Gasteiger partial charge is 0.324 e. The molecule has 1 unspecified atom stereocenters. The van der Waals surface area contributed by atoms with Gasteiger partial charge in [-0.1, -0.05) is 42.3 Å². The lowest BCUT2D eigenvalue weighted by atomic mass is 9.95. The largest absolute Gasteiger partial charge is 0.346 e. The molecular formula is C26H29N5O3. The van der Waals surface area contributed by atoms with Crippen LogP contribution in [0.2, 0.25) is 0 Å². The van der Waals surface area contributed by atoms with Gasteiger partial charge in [0.15, 0.2) is 0 Å². The Balaban J connectivity index is 1.43. The third-order valence-electron chi connectivity index (χ3n) is 6.71. The Bertz CT molecular complexity index is 1270. The normalized spacial score (nSPS) is 17.4. The molecule has 8 nitrogen and oxygen atoms in total. The van der Waals surface area contributed by atoms with Crippen molar-refractivity contribution in [3.8, 4) is 0 Å². The summed E-state index contributed by atoms with van der Waals surface area (Å²) in [5, 5.41) is 7.42. The Kier molecular flexibility index (Phi) is 6.04. The van der Waals surface area contributed by atoms with Crippen LogP contribution in [0.3, 0.4) is 0 Å². The summed E-state index contributed by atoms with van der Waals surface area (Å²) >= 11 is 0. The molecule has 2 aromatic carbocycles. The average molecular weight is 460 g/mol. The molecule has 8 heteroatoms. The lowest BCUT2D eigenvalue weighted by molar-refractivity contribution is -0.124. The molecule has 2 amide bonds. The predicted octanol–water partition coefficient (Wildman–Crippen LogP) is 3.07. The number of nitrogens with zero attached hydrogens (tertiary/aromatic N) is 4. The van der Waals surface area contributed by atoms with Gasteiger partial charge in [-0.05, 0) is 56.4 Å². The number of anilines is 2. The van der Waals surface area contributed by atoms with E-state index in [1.54, 1.807) is 9.47 Å². The number of nitrogens with one attached hydrogen (secondary N) is 1. The number of amides is 2. The predicted molar refractivity (Wildman–Crippen MR) is 130 cm³/mol. The Labute approximate surface area is 198 Å². The zero-order valence-corrected chi connectivity index (χ0v) is 19.4. The lowest BCUT2D eigenvalue weighted by Gasteiger charge is -2.36. The highest BCUT2D eigenvalue weighted by molar-refractivity contribution is 6.05. The number of aryl methyl sites for hydroxylation is 3. The Morgan fingerprint density at radius 1 is 1.03 bits per heavy atom. The number of carbonyl (C=O) groups excluding carboxylic acids is 2. The number of aromatic nitrogens is 3. The molecule has 0 spiro atoms. The van der Waals surface area contributed by atoms with Gasteiger partial charge in [0.2, 0.25) is 11.8 Å². The van der Waals surface area contributed by atoms with E-state index in [0.29, 0.717) is 25.1 Å². The molecule has 0 saturated carbocycles. The van der Waals surface area contributed by atoms with Gasteiger partial charge in [-0.25, -0.2) is 9.48 Å². The first-order chi connectivity index (χ1) is 16.5. The van der Waals surface area contributed by atoms with Crippen molar-refractivity contribution in [2.24, 2.45) is 0 Å². The fraction of sp³-hybridized carbons (Fsp3) is 0.385. The van der Waals surface area contributed by atoms with Gasteiger partial charge >= 0.3 is 5.69 Å². The molecule has 2 aliphatic rings. The van der Waals surface area contributed by atoms with E-state index in [4.69, 9.17) is 0 Å². The van der Waals surface area contributed by atoms with Crippen molar-refractivity contribution in [3.05, 3.63) is 76.0 Å². The van der Waals surface area contributed by atoms with Gasteiger partial charge in [0.1, 0.15) is 18.4 Å². The Hall–Kier alpha value is -3.68. The van der Waals surface area contributed by atoms with E-state index in [-0.39, 0.29) is 24.0 Å². The molecule has 34 heavy (non-hydrogen) atoms. The summed E-state index contributed by atoms with van der Waals surface area (Å²) < 4.78 is 2.95. The number of hydrogen-bond acceptors (Lipinski definition) is 4. The summed E-state index contributed by atoms with van der Waals surface area (Å²) in [5.74, 6) is 0.189. The van der Waals surface area contributed by atoms with Gasteiger partial charge in [0, 0.05) is 24.3 Å². The summed E-state index contributed by atoms with van der Waals surface area (Å²) in [6, 6.07) is 14.6. The fourth-order valence-electron chi connectivity index (χ4n) is 4.90. The molecule has 2 aliphatic heterocycles. The highest BCUT2D eigenvalue weighted by Crippen LogP contribution is 2.31. The van der Waals surface area contributed by atoms with Crippen LogP contribution in [0.25, 0.3) is 0 Å². The number of rotatable bonds is 4. The van der Waals surface area contributed by atoms with E-state index in [0.717, 1.165) is 48.3 Å². The quantitative estimate of drug-likeness (QED) is 0.649. The van der Waals surface area contributed by atoms with Crippen molar-refractivity contribution in [2.45, 2.75) is 64.6 Å². The monoisotopic (exact) mass is 459 g/mol. The minimum absolute atomic E-state index is 0.193. The van der Waals surface area contributed by atoms with E-state index in [9.17, 15) is 14.4 Å². The molecule has 1 aromatic heterocycles. The van der Waals surface area contributed by atoms with Crippen LogP contribution < -0.4 is 15.9 Å². The highest BCUT2D eigenvalue weighted by Gasteiger charge is 2.36. The first-order valence-electron chi connectivity index (χ1n) is 12.0. The second-order valence-electron chi connectivity index (χ2n) is 9.12. The maximum Gasteiger partial charge on any atom is 0.346 e. The fourth-order valence-corrected chi connectivity index (χ4v) is 4.90. The second kappa shape index (κ2) is 9.29. The van der Waals surface area contributed by atoms with Crippen molar-refractivity contribution in [2.75, 3.05) is 10.2 Å². The summed E-state index contributed by atoms with van der Waals surface area (Å²) in [5.41, 5.74) is 3.28. The van der Waals surface area contributed by atoms with E-state index in [1.807, 2.05) is 55.5 Å².